The largest absolute Gasteiger partial charge is 0.355 e. The van der Waals surface area contributed by atoms with Crippen molar-refractivity contribution < 1.29 is 14.0 Å². The van der Waals surface area contributed by atoms with E-state index in [2.05, 4.69) is 5.32 Å². The zero-order chi connectivity index (χ0) is 13.1. The number of Topliss-reactive ketones (excluding diaryl/α,β-unsaturated/α-hetero) is 1. The number of ketones is 1. The second kappa shape index (κ2) is 5.27. The van der Waals surface area contributed by atoms with Gasteiger partial charge in [-0.3, -0.25) is 9.59 Å². The first-order chi connectivity index (χ1) is 8.61. The third-order valence-corrected chi connectivity index (χ3v) is 3.20. The lowest BCUT2D eigenvalue weighted by Crippen LogP contribution is -2.46. The van der Waals surface area contributed by atoms with Crippen LogP contribution in [0.5, 0.6) is 0 Å². The van der Waals surface area contributed by atoms with Crippen LogP contribution in [-0.4, -0.2) is 24.3 Å². The molecule has 0 aromatic heterocycles. The average molecular weight is 250 g/mol. The van der Waals surface area contributed by atoms with Crippen LogP contribution < -0.4 is 11.1 Å². The number of nitrogens with one attached hydrogen (secondary N) is 1. The van der Waals surface area contributed by atoms with Crippen LogP contribution in [0.25, 0.3) is 0 Å². The van der Waals surface area contributed by atoms with Crippen molar-refractivity contribution in [2.75, 3.05) is 6.54 Å². The van der Waals surface area contributed by atoms with Crippen molar-refractivity contribution in [3.63, 3.8) is 0 Å². The lowest BCUT2D eigenvalue weighted by atomic mass is 9.87. The summed E-state index contributed by atoms with van der Waals surface area (Å²) >= 11 is 0. The highest BCUT2D eigenvalue weighted by Crippen LogP contribution is 2.21. The quantitative estimate of drug-likeness (QED) is 0.765. The number of carbonyl (C=O) groups excluding carboxylic acids is 2. The van der Waals surface area contributed by atoms with Gasteiger partial charge in [0.15, 0.2) is 5.78 Å². The minimum absolute atomic E-state index is 0.00708. The minimum Gasteiger partial charge on any atom is -0.355 e. The van der Waals surface area contributed by atoms with Gasteiger partial charge in [-0.1, -0.05) is 12.1 Å². The van der Waals surface area contributed by atoms with E-state index in [9.17, 15) is 14.0 Å². The number of hydrogen-bond acceptors (Lipinski definition) is 3. The SMILES string of the molecule is NC1C(=O)NCCCC1C(=O)c1ccccc1F. The fourth-order valence-corrected chi connectivity index (χ4v) is 2.17. The molecule has 1 aliphatic heterocycles. The molecule has 5 heteroatoms. The molecule has 2 rings (SSSR count). The molecule has 0 bridgehead atoms. The molecule has 96 valence electrons. The third-order valence-electron chi connectivity index (χ3n) is 3.20. The number of nitrogens with two attached hydrogens (primary N) is 1. The molecule has 18 heavy (non-hydrogen) atoms. The Kier molecular flexibility index (Phi) is 3.72. The minimum atomic E-state index is -0.903. The van der Waals surface area contributed by atoms with E-state index in [4.69, 9.17) is 5.73 Å². The monoisotopic (exact) mass is 250 g/mol. The summed E-state index contributed by atoms with van der Waals surface area (Å²) in [5.74, 6) is -1.96. The lowest BCUT2D eigenvalue weighted by Gasteiger charge is -2.18. The van der Waals surface area contributed by atoms with E-state index >= 15 is 0 Å². The Bertz CT molecular complexity index is 476. The van der Waals surface area contributed by atoms with Gasteiger partial charge in [0.05, 0.1) is 11.6 Å². The van der Waals surface area contributed by atoms with E-state index in [1.165, 1.54) is 18.2 Å². The van der Waals surface area contributed by atoms with E-state index < -0.39 is 23.6 Å². The maximum absolute atomic E-state index is 13.6. The van der Waals surface area contributed by atoms with Gasteiger partial charge in [0.2, 0.25) is 5.91 Å². The van der Waals surface area contributed by atoms with Crippen molar-refractivity contribution in [3.8, 4) is 0 Å². The molecule has 1 aromatic carbocycles. The van der Waals surface area contributed by atoms with Gasteiger partial charge in [0, 0.05) is 12.5 Å². The first-order valence-electron chi connectivity index (χ1n) is 5.93. The second-order valence-electron chi connectivity index (χ2n) is 4.41. The molecule has 3 N–H and O–H groups in total. The summed E-state index contributed by atoms with van der Waals surface area (Å²) in [5, 5.41) is 2.64. The third kappa shape index (κ3) is 2.41. The summed E-state index contributed by atoms with van der Waals surface area (Å²) in [6, 6.07) is 4.87. The Balaban J connectivity index is 2.27. The zero-order valence-electron chi connectivity index (χ0n) is 9.86. The Morgan fingerprint density at radius 2 is 2.11 bits per heavy atom. The first-order valence-corrected chi connectivity index (χ1v) is 5.93. The van der Waals surface area contributed by atoms with Gasteiger partial charge in [-0.25, -0.2) is 4.39 Å². The van der Waals surface area contributed by atoms with E-state index in [0.717, 1.165) is 0 Å². The molecule has 1 fully saturated rings. The number of carbonyl (C=O) groups is 2. The fourth-order valence-electron chi connectivity index (χ4n) is 2.17. The number of benzene rings is 1. The molecular formula is C13H15FN2O2. The van der Waals surface area contributed by atoms with E-state index in [1.54, 1.807) is 6.07 Å². The van der Waals surface area contributed by atoms with Crippen molar-refractivity contribution in [2.45, 2.75) is 18.9 Å². The Labute approximate surface area is 104 Å². The number of amides is 1. The van der Waals surface area contributed by atoms with Crippen LogP contribution >= 0.6 is 0 Å². The maximum atomic E-state index is 13.6. The highest BCUT2D eigenvalue weighted by Gasteiger charge is 2.33. The molecule has 2 atom stereocenters. The highest BCUT2D eigenvalue weighted by atomic mass is 19.1. The van der Waals surface area contributed by atoms with Crippen molar-refractivity contribution >= 4 is 11.7 Å². The van der Waals surface area contributed by atoms with Crippen LogP contribution in [0.15, 0.2) is 24.3 Å². The summed E-state index contributed by atoms with van der Waals surface area (Å²) in [5.41, 5.74) is 5.76. The van der Waals surface area contributed by atoms with Gasteiger partial charge < -0.3 is 11.1 Å². The van der Waals surface area contributed by atoms with Gasteiger partial charge in [-0.15, -0.1) is 0 Å². The molecule has 0 aliphatic carbocycles. The van der Waals surface area contributed by atoms with Crippen LogP contribution in [0.1, 0.15) is 23.2 Å². The van der Waals surface area contributed by atoms with E-state index in [-0.39, 0.29) is 11.5 Å². The molecular weight excluding hydrogens is 235 g/mol. The molecule has 1 aliphatic rings. The van der Waals surface area contributed by atoms with E-state index in [1.807, 2.05) is 0 Å². The Morgan fingerprint density at radius 3 is 2.83 bits per heavy atom. The Hall–Kier alpha value is -1.75. The van der Waals surface area contributed by atoms with Gasteiger partial charge >= 0.3 is 0 Å². The number of hydrogen-bond donors (Lipinski definition) is 2. The summed E-state index contributed by atoms with van der Waals surface area (Å²) < 4.78 is 13.6. The summed E-state index contributed by atoms with van der Waals surface area (Å²) in [6.07, 6.45) is 1.16. The molecule has 0 spiro atoms. The molecule has 2 unspecified atom stereocenters. The average Bonchev–Trinajstić information content (AvgIpc) is 2.53. The van der Waals surface area contributed by atoms with Crippen molar-refractivity contribution in [2.24, 2.45) is 11.7 Å². The van der Waals surface area contributed by atoms with Gasteiger partial charge in [-0.2, -0.15) is 0 Å². The van der Waals surface area contributed by atoms with Crippen LogP contribution in [0.3, 0.4) is 0 Å². The van der Waals surface area contributed by atoms with E-state index in [0.29, 0.717) is 19.4 Å². The number of rotatable bonds is 2. The lowest BCUT2D eigenvalue weighted by molar-refractivity contribution is -0.122. The fraction of sp³-hybridized carbons (Fsp3) is 0.385. The number of halogens is 1. The molecule has 1 saturated heterocycles. The van der Waals surface area contributed by atoms with Crippen molar-refractivity contribution in [1.82, 2.24) is 5.32 Å². The van der Waals surface area contributed by atoms with Crippen molar-refractivity contribution in [3.05, 3.63) is 35.6 Å². The summed E-state index contributed by atoms with van der Waals surface area (Å²) in [6.45, 7) is 0.508. The highest BCUT2D eigenvalue weighted by molar-refractivity contribution is 6.01. The Morgan fingerprint density at radius 1 is 1.39 bits per heavy atom. The van der Waals surface area contributed by atoms with Gasteiger partial charge in [0.1, 0.15) is 5.82 Å². The summed E-state index contributed by atoms with van der Waals surface area (Å²) in [4.78, 5) is 23.8. The maximum Gasteiger partial charge on any atom is 0.237 e. The topological polar surface area (TPSA) is 72.2 Å². The smallest absolute Gasteiger partial charge is 0.237 e. The van der Waals surface area contributed by atoms with Crippen LogP contribution in [0.4, 0.5) is 4.39 Å². The molecule has 1 heterocycles. The van der Waals surface area contributed by atoms with Crippen LogP contribution in [0.2, 0.25) is 0 Å². The molecule has 4 nitrogen and oxygen atoms in total. The van der Waals surface area contributed by atoms with Crippen LogP contribution in [0, 0.1) is 11.7 Å². The molecule has 0 radical (unpaired) electrons. The molecule has 0 saturated carbocycles. The predicted octanol–water partition coefficient (Wildman–Crippen LogP) is 0.862. The second-order valence-corrected chi connectivity index (χ2v) is 4.41. The molecule has 1 amide bonds. The first kappa shape index (κ1) is 12.7. The van der Waals surface area contributed by atoms with Crippen LogP contribution in [-0.2, 0) is 4.79 Å². The standard InChI is InChI=1S/C13H15FN2O2/c14-10-6-2-1-4-8(10)12(17)9-5-3-7-16-13(18)11(9)15/h1-2,4,6,9,11H,3,5,7,15H2,(H,16,18). The van der Waals surface area contributed by atoms with Gasteiger partial charge in [0.25, 0.3) is 0 Å². The normalized spacial score (nSPS) is 24.2. The predicted molar refractivity (Wildman–Crippen MR) is 64.4 cm³/mol. The van der Waals surface area contributed by atoms with Gasteiger partial charge in [-0.05, 0) is 25.0 Å². The molecule has 1 aromatic rings. The van der Waals surface area contributed by atoms with Crippen molar-refractivity contribution in [1.29, 1.82) is 0 Å². The zero-order valence-corrected chi connectivity index (χ0v) is 9.86. The summed E-state index contributed by atoms with van der Waals surface area (Å²) in [7, 11) is 0.